The van der Waals surface area contributed by atoms with E-state index in [1.807, 2.05) is 85.5 Å². The number of ether oxygens (including phenoxy) is 12. The molecule has 0 amide bonds. The lowest BCUT2D eigenvalue weighted by atomic mass is 9.77. The van der Waals surface area contributed by atoms with Crippen LogP contribution in [0.2, 0.25) is 0 Å². The van der Waals surface area contributed by atoms with Crippen molar-refractivity contribution >= 4 is 41.0 Å². The molecule has 1 aromatic heterocycles. The zero-order valence-electron chi connectivity index (χ0n) is 50.4. The Morgan fingerprint density at radius 2 is 1.64 bits per heavy atom. The Balaban J connectivity index is 1.24. The zero-order chi connectivity index (χ0) is 59.9. The van der Waals surface area contributed by atoms with E-state index in [1.54, 1.807) is 63.8 Å². The third-order valence-corrected chi connectivity index (χ3v) is 16.8. The Hall–Kier alpha value is -4.59. The van der Waals surface area contributed by atoms with Crippen LogP contribution in [0.15, 0.2) is 35.3 Å². The van der Waals surface area contributed by atoms with Crippen LogP contribution in [0, 0.1) is 17.8 Å². The molecule has 6 rings (SSSR count). The van der Waals surface area contributed by atoms with Crippen LogP contribution < -0.4 is 5.43 Å². The molecule has 2 N–H and O–H groups in total. The second-order valence-electron chi connectivity index (χ2n) is 23.6. The number of fused-ring (bicyclic) bond motifs is 2. The highest BCUT2D eigenvalue weighted by Gasteiger charge is 2.58. The van der Waals surface area contributed by atoms with Crippen molar-refractivity contribution in [2.24, 2.45) is 17.8 Å². The number of carbonyl (C=O) groups excluding carboxylic acids is 3. The molecule has 0 radical (unpaired) electrons. The summed E-state index contributed by atoms with van der Waals surface area (Å²) in [4.78, 5) is 69.7. The third-order valence-electron chi connectivity index (χ3n) is 16.8. The van der Waals surface area contributed by atoms with E-state index in [-0.39, 0.29) is 68.1 Å². The molecule has 456 valence electrons. The Morgan fingerprint density at radius 3 is 2.28 bits per heavy atom. The Kier molecular flexibility index (Phi) is 22.6. The summed E-state index contributed by atoms with van der Waals surface area (Å²) in [6.45, 7) is 21.4. The summed E-state index contributed by atoms with van der Waals surface area (Å²) < 4.78 is 76.8. The molecule has 4 saturated heterocycles. The van der Waals surface area contributed by atoms with Gasteiger partial charge in [-0.15, -0.1) is 0 Å². The number of hydrogen-bond donors (Lipinski definition) is 2. The van der Waals surface area contributed by atoms with E-state index in [9.17, 15) is 34.2 Å². The van der Waals surface area contributed by atoms with Crippen LogP contribution in [0.3, 0.4) is 0 Å². The largest absolute Gasteiger partial charge is 0.509 e. The summed E-state index contributed by atoms with van der Waals surface area (Å²) in [5.74, 6) is -4.58. The molecular formula is C59H91N3O19. The van der Waals surface area contributed by atoms with E-state index in [4.69, 9.17) is 56.8 Å². The highest BCUT2D eigenvalue weighted by Crippen LogP contribution is 2.43. The molecule has 22 heteroatoms. The number of likely N-dealkylation sites (N-methyl/N-ethyl adjacent to an activating group) is 2. The van der Waals surface area contributed by atoms with E-state index >= 15 is 0 Å². The number of methoxy groups -OCH3 is 2. The van der Waals surface area contributed by atoms with Gasteiger partial charge in [0.1, 0.15) is 17.8 Å². The Bertz CT molecular complexity index is 2560. The van der Waals surface area contributed by atoms with E-state index in [2.05, 4.69) is 0 Å². The van der Waals surface area contributed by atoms with Gasteiger partial charge >= 0.3 is 24.1 Å². The number of cyclic esters (lactones) is 1. The van der Waals surface area contributed by atoms with Crippen molar-refractivity contribution < 1.29 is 86.2 Å². The standard InChI is InChI=1S/C59H91N3O19/c1-17-45-59(11)51(80-56(68)81-59)37(6)61(14)31-33(2)29-57(9,69)50(79-55-49(76-39(8)63)44(60(12)13)27-34(3)74-55)35(4)48(36(5)54(67)77-45)78-46-30-58(10,71-16)52(38(7)75-46)73-26-25-72-23-18-19-40-20-21-43-41(28-40)47(64)42(53(65)66)32-62(43)22-24-70-15/h18-21,28,32-38,44-46,48-52,55,69H,17,22-27,29-31H2,1-16H3,(H,65,66)/t33-,34-,35+,36-,37-,38+,44+,45-,46+,48+,49-,50-,51-,52+,55+,57-,58-,59-/m1/s1. The normalized spacial score (nSPS) is 36.6. The summed E-state index contributed by atoms with van der Waals surface area (Å²) in [6, 6.07) is 4.56. The molecule has 1 aromatic carbocycles. The van der Waals surface area contributed by atoms with Crippen molar-refractivity contribution in [3.05, 3.63) is 51.8 Å². The number of hydrogen-bond acceptors (Lipinski definition) is 20. The lowest BCUT2D eigenvalue weighted by molar-refractivity contribution is -0.321. The Morgan fingerprint density at radius 1 is 0.926 bits per heavy atom. The molecular weight excluding hydrogens is 1050 g/mol. The topological polar surface area (TPSA) is 248 Å². The van der Waals surface area contributed by atoms with Gasteiger partial charge in [-0.1, -0.05) is 39.0 Å². The fraction of sp³-hybridized carbons (Fsp3) is 0.746. The average molecular weight is 1150 g/mol. The number of carboxylic acids is 1. The van der Waals surface area contributed by atoms with Crippen molar-refractivity contribution in [3.8, 4) is 0 Å². The predicted molar refractivity (Wildman–Crippen MR) is 297 cm³/mol. The summed E-state index contributed by atoms with van der Waals surface area (Å²) >= 11 is 0. The molecule has 18 atom stereocenters. The van der Waals surface area contributed by atoms with Gasteiger partial charge in [-0.2, -0.15) is 0 Å². The molecule has 0 bridgehead atoms. The number of esters is 2. The molecule has 81 heavy (non-hydrogen) atoms. The number of aliphatic hydroxyl groups is 1. The molecule has 0 spiro atoms. The van der Waals surface area contributed by atoms with Crippen LogP contribution >= 0.6 is 0 Å². The third kappa shape index (κ3) is 15.4. The van der Waals surface area contributed by atoms with Crippen molar-refractivity contribution in [3.63, 3.8) is 0 Å². The van der Waals surface area contributed by atoms with E-state index < -0.39 is 119 Å². The molecule has 0 saturated carbocycles. The van der Waals surface area contributed by atoms with Gasteiger partial charge in [0.05, 0.1) is 79.5 Å². The van der Waals surface area contributed by atoms with Gasteiger partial charge in [0.2, 0.25) is 5.43 Å². The van der Waals surface area contributed by atoms with Gasteiger partial charge in [0, 0.05) is 64.2 Å². The number of aromatic nitrogens is 1. The first-order valence-corrected chi connectivity index (χ1v) is 28.4. The number of carbonyl (C=O) groups is 4. The first-order valence-electron chi connectivity index (χ1n) is 28.4. The monoisotopic (exact) mass is 1150 g/mol. The summed E-state index contributed by atoms with van der Waals surface area (Å²) in [5.41, 5.74) is -3.63. The Labute approximate surface area is 476 Å². The van der Waals surface area contributed by atoms with Crippen molar-refractivity contribution in [1.29, 1.82) is 0 Å². The maximum atomic E-state index is 14.9. The van der Waals surface area contributed by atoms with Gasteiger partial charge in [-0.25, -0.2) is 9.59 Å². The van der Waals surface area contributed by atoms with Gasteiger partial charge in [0.15, 0.2) is 30.4 Å². The van der Waals surface area contributed by atoms with Gasteiger partial charge in [0.25, 0.3) is 0 Å². The molecule has 4 aliphatic heterocycles. The van der Waals surface area contributed by atoms with Crippen molar-refractivity contribution in [2.75, 3.05) is 68.3 Å². The minimum atomic E-state index is -1.64. The molecule has 4 fully saturated rings. The van der Waals surface area contributed by atoms with Crippen LogP contribution in [0.5, 0.6) is 0 Å². The fourth-order valence-corrected chi connectivity index (χ4v) is 12.6. The first kappa shape index (κ1) is 65.6. The summed E-state index contributed by atoms with van der Waals surface area (Å²) in [7, 11) is 8.82. The van der Waals surface area contributed by atoms with Gasteiger partial charge in [-0.05, 0) is 112 Å². The second-order valence-corrected chi connectivity index (χ2v) is 23.6. The van der Waals surface area contributed by atoms with E-state index in [1.165, 1.54) is 13.1 Å². The highest BCUT2D eigenvalue weighted by atomic mass is 16.8. The van der Waals surface area contributed by atoms with Crippen LogP contribution in [-0.4, -0.2) is 207 Å². The van der Waals surface area contributed by atoms with Crippen LogP contribution in [0.25, 0.3) is 17.0 Å². The van der Waals surface area contributed by atoms with Crippen molar-refractivity contribution in [1.82, 2.24) is 14.4 Å². The maximum absolute atomic E-state index is 14.9. The summed E-state index contributed by atoms with van der Waals surface area (Å²) in [5, 5.41) is 23.0. The number of carboxylic acid groups (broad SMARTS) is 1. The SMILES string of the molecule is CC[C@H]1OC(=O)[C@H](C)[C@@H](O[C@H]2C[C@@](C)(OC)[C@@H](OCCOCC=Cc3ccc4c(c3)c(=O)c(C(=O)O)cn4CCOC)[C@H](C)O2)[C@H](C)[C@@H](O[C@@H]2O[C@H](C)C[C@H](N(C)C)[C@H]2OC(C)=O)[C@](C)(O)C[C@@H](C)CN(C)[C@H](C)[C@H]2OC(=O)O[C@@]21C. The highest BCUT2D eigenvalue weighted by molar-refractivity contribution is 5.93. The predicted octanol–water partition coefficient (Wildman–Crippen LogP) is 6.07. The minimum Gasteiger partial charge on any atom is -0.477 e. The molecule has 4 aliphatic rings. The quantitative estimate of drug-likeness (QED) is 0.0921. The molecule has 22 nitrogen and oxygen atoms in total. The number of rotatable bonds is 19. The first-order chi connectivity index (χ1) is 38.1. The molecule has 0 unspecified atom stereocenters. The van der Waals surface area contributed by atoms with Gasteiger partial charge in [-0.3, -0.25) is 19.3 Å². The smallest absolute Gasteiger partial charge is 0.477 e. The summed E-state index contributed by atoms with van der Waals surface area (Å²) in [6.07, 6.45) is -3.38. The minimum absolute atomic E-state index is 0.139. The maximum Gasteiger partial charge on any atom is 0.509 e. The van der Waals surface area contributed by atoms with Crippen LogP contribution in [0.4, 0.5) is 4.79 Å². The van der Waals surface area contributed by atoms with Gasteiger partial charge < -0.3 is 76.5 Å². The number of benzene rings is 1. The number of pyridine rings is 1. The molecule has 0 aliphatic carbocycles. The van der Waals surface area contributed by atoms with Crippen LogP contribution in [0.1, 0.15) is 118 Å². The molecule has 2 aromatic rings. The number of aromatic carboxylic acids is 1. The lowest BCUT2D eigenvalue weighted by Crippen LogP contribution is -2.61. The fourth-order valence-electron chi connectivity index (χ4n) is 12.6. The second kappa shape index (κ2) is 27.9. The lowest BCUT2D eigenvalue weighted by Gasteiger charge is -2.49. The van der Waals surface area contributed by atoms with E-state index in [0.717, 1.165) is 0 Å². The van der Waals surface area contributed by atoms with Crippen LogP contribution in [-0.2, 0) is 73.0 Å². The van der Waals surface area contributed by atoms with Crippen molar-refractivity contribution in [2.45, 2.75) is 199 Å². The molecule has 5 heterocycles. The number of nitrogens with zero attached hydrogens (tertiary/aromatic N) is 3. The average Bonchev–Trinajstić information content (AvgIpc) is 3.93. The van der Waals surface area contributed by atoms with E-state index in [0.29, 0.717) is 37.2 Å². The zero-order valence-corrected chi connectivity index (χ0v) is 50.4.